The second-order valence-corrected chi connectivity index (χ2v) is 12.1. The number of aromatic amines is 1. The Kier molecular flexibility index (Phi) is 9.00. The number of aromatic carboxylic acids is 1. The average molecular weight is 619 g/mol. The number of carbonyl (C=O) groups is 3. The second kappa shape index (κ2) is 13.4. The Balaban J connectivity index is 1.24. The van der Waals surface area contributed by atoms with Crippen molar-refractivity contribution in [2.24, 2.45) is 0 Å². The number of H-pyrrole nitrogens is 1. The van der Waals surface area contributed by atoms with Crippen molar-refractivity contribution in [3.05, 3.63) is 126 Å². The van der Waals surface area contributed by atoms with E-state index in [1.807, 2.05) is 41.3 Å². The number of fused-ring (bicyclic) bond motifs is 1. The van der Waals surface area contributed by atoms with Crippen LogP contribution in [0, 0.1) is 0 Å². The molecule has 2 heterocycles. The lowest BCUT2D eigenvalue weighted by molar-refractivity contribution is -0.135. The van der Waals surface area contributed by atoms with Crippen LogP contribution in [0.1, 0.15) is 34.5 Å². The molecule has 0 aliphatic carbocycles. The number of para-hydroxylation sites is 1. The van der Waals surface area contributed by atoms with Crippen molar-refractivity contribution in [2.45, 2.75) is 28.8 Å². The number of carbonyl (C=O) groups excluding carboxylic acids is 2. The molecule has 0 radical (unpaired) electrons. The molecule has 1 aromatic heterocycles. The third-order valence-electron chi connectivity index (χ3n) is 8.34. The van der Waals surface area contributed by atoms with E-state index in [4.69, 9.17) is 0 Å². The standard InChI is InChI=1S/C36H34N4O4S/c1-25(35(42)39-22-20-38(21-23-39)32(26-12-4-2-5-13-26)27-14-6-3-7-15-27)40(24-41)34-33(28-16-8-10-18-30(28)37-34)45-31-19-11-9-17-29(31)36(43)44/h2-19,24-25,32,37H,20-23H2,1H3,(H,43,44)/t25-/m1/s1. The molecule has 1 aliphatic rings. The highest BCUT2D eigenvalue weighted by molar-refractivity contribution is 7.99. The molecule has 1 atom stereocenters. The number of nitrogens with one attached hydrogen (secondary N) is 1. The van der Waals surface area contributed by atoms with Crippen molar-refractivity contribution in [1.82, 2.24) is 14.8 Å². The van der Waals surface area contributed by atoms with Gasteiger partial charge < -0.3 is 15.0 Å². The quantitative estimate of drug-likeness (QED) is 0.178. The first-order valence-electron chi connectivity index (χ1n) is 14.9. The summed E-state index contributed by atoms with van der Waals surface area (Å²) in [5.41, 5.74) is 3.37. The first-order chi connectivity index (χ1) is 22.0. The number of carboxylic acids is 1. The summed E-state index contributed by atoms with van der Waals surface area (Å²) in [6, 6.07) is 34.5. The van der Waals surface area contributed by atoms with Gasteiger partial charge in [0, 0.05) is 42.0 Å². The maximum atomic E-state index is 13.9. The van der Waals surface area contributed by atoms with E-state index in [1.54, 1.807) is 31.2 Å². The Hall–Kier alpha value is -4.86. The maximum Gasteiger partial charge on any atom is 0.336 e. The van der Waals surface area contributed by atoms with Crippen LogP contribution in [0.5, 0.6) is 0 Å². The summed E-state index contributed by atoms with van der Waals surface area (Å²) >= 11 is 1.27. The summed E-state index contributed by atoms with van der Waals surface area (Å²) in [4.78, 5) is 48.8. The Labute approximate surface area is 266 Å². The van der Waals surface area contributed by atoms with Crippen LogP contribution in [0.15, 0.2) is 119 Å². The number of amides is 2. The number of rotatable bonds is 10. The van der Waals surface area contributed by atoms with Crippen LogP contribution < -0.4 is 4.90 Å². The van der Waals surface area contributed by atoms with E-state index in [2.05, 4.69) is 58.4 Å². The molecule has 8 nitrogen and oxygen atoms in total. The van der Waals surface area contributed by atoms with E-state index in [1.165, 1.54) is 27.8 Å². The number of carboxylic acid groups (broad SMARTS) is 1. The molecule has 9 heteroatoms. The van der Waals surface area contributed by atoms with Crippen LogP contribution in [0.25, 0.3) is 10.9 Å². The zero-order valence-electron chi connectivity index (χ0n) is 24.9. The molecule has 4 aromatic carbocycles. The average Bonchev–Trinajstić information content (AvgIpc) is 3.44. The lowest BCUT2D eigenvalue weighted by Crippen LogP contribution is -2.54. The molecule has 1 fully saturated rings. The Morgan fingerprint density at radius 3 is 2.02 bits per heavy atom. The molecule has 45 heavy (non-hydrogen) atoms. The fourth-order valence-electron chi connectivity index (χ4n) is 6.04. The molecule has 1 saturated heterocycles. The van der Waals surface area contributed by atoms with E-state index in [-0.39, 0.29) is 17.5 Å². The lowest BCUT2D eigenvalue weighted by atomic mass is 9.96. The highest BCUT2D eigenvalue weighted by atomic mass is 32.2. The molecule has 0 spiro atoms. The summed E-state index contributed by atoms with van der Waals surface area (Å²) < 4.78 is 0. The summed E-state index contributed by atoms with van der Waals surface area (Å²) in [6.07, 6.45) is 0.678. The van der Waals surface area contributed by atoms with Crippen molar-refractivity contribution < 1.29 is 19.5 Å². The van der Waals surface area contributed by atoms with Gasteiger partial charge in [0.15, 0.2) is 0 Å². The zero-order valence-corrected chi connectivity index (χ0v) is 25.7. The number of benzene rings is 4. The summed E-state index contributed by atoms with van der Waals surface area (Å²) in [7, 11) is 0. The molecule has 0 saturated carbocycles. The molecule has 2 N–H and O–H groups in total. The van der Waals surface area contributed by atoms with Crippen molar-refractivity contribution in [2.75, 3.05) is 31.1 Å². The molecule has 0 bridgehead atoms. The van der Waals surface area contributed by atoms with E-state index in [9.17, 15) is 19.5 Å². The summed E-state index contributed by atoms with van der Waals surface area (Å²) in [5, 5.41) is 10.6. The minimum Gasteiger partial charge on any atom is -0.478 e. The lowest BCUT2D eigenvalue weighted by Gasteiger charge is -2.41. The monoisotopic (exact) mass is 618 g/mol. The van der Waals surface area contributed by atoms with Crippen LogP contribution in [0.4, 0.5) is 5.82 Å². The molecule has 1 aliphatic heterocycles. The predicted molar refractivity (Wildman–Crippen MR) is 177 cm³/mol. The molecule has 6 rings (SSSR count). The van der Waals surface area contributed by atoms with E-state index in [0.29, 0.717) is 48.2 Å². The Morgan fingerprint density at radius 1 is 0.822 bits per heavy atom. The molecular formula is C36H34N4O4S. The van der Waals surface area contributed by atoms with E-state index in [0.717, 1.165) is 10.9 Å². The van der Waals surface area contributed by atoms with Gasteiger partial charge in [-0.3, -0.25) is 19.4 Å². The fourth-order valence-corrected chi connectivity index (χ4v) is 7.21. The minimum atomic E-state index is -1.03. The smallest absolute Gasteiger partial charge is 0.336 e. The Morgan fingerprint density at radius 2 is 1.40 bits per heavy atom. The molecule has 0 unspecified atom stereocenters. The van der Waals surface area contributed by atoms with Gasteiger partial charge >= 0.3 is 5.97 Å². The van der Waals surface area contributed by atoms with Gasteiger partial charge in [-0.2, -0.15) is 0 Å². The number of piperazine rings is 1. The normalized spacial score (nSPS) is 14.4. The largest absolute Gasteiger partial charge is 0.478 e. The van der Waals surface area contributed by atoms with Crippen molar-refractivity contribution in [3.63, 3.8) is 0 Å². The third-order valence-corrected chi connectivity index (χ3v) is 9.53. The predicted octanol–water partition coefficient (Wildman–Crippen LogP) is 6.30. The van der Waals surface area contributed by atoms with E-state index >= 15 is 0 Å². The van der Waals surface area contributed by atoms with Crippen molar-refractivity contribution in [1.29, 1.82) is 0 Å². The first-order valence-corrected chi connectivity index (χ1v) is 15.7. The second-order valence-electron chi connectivity index (χ2n) is 11.0. The highest BCUT2D eigenvalue weighted by Gasteiger charge is 2.33. The number of anilines is 1. The topological polar surface area (TPSA) is 97.0 Å². The van der Waals surface area contributed by atoms with Gasteiger partial charge in [-0.1, -0.05) is 103 Å². The number of hydrogen-bond acceptors (Lipinski definition) is 5. The minimum absolute atomic E-state index is 0.0770. The van der Waals surface area contributed by atoms with Gasteiger partial charge in [-0.05, 0) is 36.2 Å². The van der Waals surface area contributed by atoms with Gasteiger partial charge in [-0.25, -0.2) is 4.79 Å². The molecule has 5 aromatic rings. The van der Waals surface area contributed by atoms with Gasteiger partial charge in [0.1, 0.15) is 11.9 Å². The van der Waals surface area contributed by atoms with Crippen molar-refractivity contribution in [3.8, 4) is 0 Å². The van der Waals surface area contributed by atoms with Gasteiger partial charge in [-0.15, -0.1) is 0 Å². The Bertz CT molecular complexity index is 1760. The maximum absolute atomic E-state index is 13.9. The van der Waals surface area contributed by atoms with Crippen LogP contribution in [-0.4, -0.2) is 70.4 Å². The van der Waals surface area contributed by atoms with Gasteiger partial charge in [0.25, 0.3) is 0 Å². The van der Waals surface area contributed by atoms with Crippen LogP contribution in [0.2, 0.25) is 0 Å². The van der Waals surface area contributed by atoms with Gasteiger partial charge in [0.05, 0.1) is 16.5 Å². The first kappa shape index (κ1) is 30.2. The zero-order chi connectivity index (χ0) is 31.3. The third kappa shape index (κ3) is 6.22. The fraction of sp³-hybridized carbons (Fsp3) is 0.194. The summed E-state index contributed by atoms with van der Waals surface area (Å²) in [6.45, 7) is 4.19. The number of nitrogens with zero attached hydrogens (tertiary/aromatic N) is 3. The SMILES string of the molecule is C[C@H](C(=O)N1CCN(C(c2ccccc2)c2ccccc2)CC1)N(C=O)c1[nH]c2ccccc2c1Sc1ccccc1C(=O)O. The highest BCUT2D eigenvalue weighted by Crippen LogP contribution is 2.42. The van der Waals surface area contributed by atoms with Crippen LogP contribution in [-0.2, 0) is 9.59 Å². The number of aromatic nitrogens is 1. The molecular weight excluding hydrogens is 584 g/mol. The van der Waals surface area contributed by atoms with Crippen LogP contribution in [0.3, 0.4) is 0 Å². The van der Waals surface area contributed by atoms with E-state index < -0.39 is 12.0 Å². The molecule has 2 amide bonds. The molecule has 228 valence electrons. The summed E-state index contributed by atoms with van der Waals surface area (Å²) in [5.74, 6) is -0.710. The van der Waals surface area contributed by atoms with Gasteiger partial charge in [0.2, 0.25) is 12.3 Å². The number of hydrogen-bond donors (Lipinski definition) is 2. The van der Waals surface area contributed by atoms with Crippen molar-refractivity contribution >= 4 is 46.8 Å². The van der Waals surface area contributed by atoms with Crippen LogP contribution >= 0.6 is 11.8 Å².